The van der Waals surface area contributed by atoms with Crippen molar-refractivity contribution >= 4 is 11.8 Å². The molecule has 1 aliphatic rings. The van der Waals surface area contributed by atoms with Crippen LogP contribution in [0.15, 0.2) is 36.5 Å². The highest BCUT2D eigenvalue weighted by Crippen LogP contribution is 2.22. The molecule has 2 heterocycles. The van der Waals surface area contributed by atoms with Gasteiger partial charge in [-0.05, 0) is 61.4 Å². The van der Waals surface area contributed by atoms with Crippen LogP contribution in [0.3, 0.4) is 0 Å². The summed E-state index contributed by atoms with van der Waals surface area (Å²) in [6.45, 7) is 10.3. The van der Waals surface area contributed by atoms with Gasteiger partial charge in [0.15, 0.2) is 0 Å². The van der Waals surface area contributed by atoms with Gasteiger partial charge in [-0.3, -0.25) is 4.79 Å². The minimum absolute atomic E-state index is 0.0462. The summed E-state index contributed by atoms with van der Waals surface area (Å²) in [7, 11) is 0. The van der Waals surface area contributed by atoms with E-state index in [1.54, 1.807) is 6.20 Å². The summed E-state index contributed by atoms with van der Waals surface area (Å²) < 4.78 is 5.49. The summed E-state index contributed by atoms with van der Waals surface area (Å²) in [5.74, 6) is 0.953. The van der Waals surface area contributed by atoms with Gasteiger partial charge in [-0.1, -0.05) is 45.0 Å². The summed E-state index contributed by atoms with van der Waals surface area (Å²) in [5, 5.41) is 12.4. The summed E-state index contributed by atoms with van der Waals surface area (Å²) in [6, 6.07) is 12.4. The van der Waals surface area contributed by atoms with Gasteiger partial charge in [0.25, 0.3) is 0 Å². The van der Waals surface area contributed by atoms with Crippen LogP contribution in [0.2, 0.25) is 0 Å². The van der Waals surface area contributed by atoms with E-state index in [2.05, 4.69) is 65.2 Å². The molecule has 0 spiro atoms. The molecule has 0 aliphatic carbocycles. The second-order valence-corrected chi connectivity index (χ2v) is 9.88. The zero-order valence-electron chi connectivity index (χ0n) is 20.0. The van der Waals surface area contributed by atoms with Crippen molar-refractivity contribution in [2.45, 2.75) is 53.0 Å². The Morgan fingerprint density at radius 3 is 2.55 bits per heavy atom. The Bertz CT molecular complexity index is 940. The number of anilines is 1. The maximum Gasteiger partial charge on any atom is 0.309 e. The number of aromatic nitrogens is 2. The molecule has 0 radical (unpaired) electrons. The van der Waals surface area contributed by atoms with E-state index in [4.69, 9.17) is 10.00 Å². The Hall–Kier alpha value is -2.98. The second-order valence-electron chi connectivity index (χ2n) is 9.88. The first-order valence-corrected chi connectivity index (χ1v) is 11.8. The third kappa shape index (κ3) is 8.14. The van der Waals surface area contributed by atoms with Crippen LogP contribution in [0.4, 0.5) is 5.82 Å². The molecule has 0 unspecified atom stereocenters. The lowest BCUT2D eigenvalue weighted by Crippen LogP contribution is -2.33. The van der Waals surface area contributed by atoms with Gasteiger partial charge >= 0.3 is 5.97 Å². The molecule has 1 aromatic heterocycles. The number of aryl methyl sites for hydroxylation is 1. The van der Waals surface area contributed by atoms with Crippen molar-refractivity contribution in [1.82, 2.24) is 15.3 Å². The highest BCUT2D eigenvalue weighted by Gasteiger charge is 2.22. The lowest BCUT2D eigenvalue weighted by Gasteiger charge is -2.31. The van der Waals surface area contributed by atoms with E-state index in [9.17, 15) is 4.79 Å². The molecule has 7 heteroatoms. The van der Waals surface area contributed by atoms with Crippen molar-refractivity contribution < 1.29 is 9.53 Å². The average Bonchev–Trinajstić information content (AvgIpc) is 2.82. The maximum absolute atomic E-state index is 12.1. The van der Waals surface area contributed by atoms with Gasteiger partial charge in [0.2, 0.25) is 5.82 Å². The van der Waals surface area contributed by atoms with Crippen molar-refractivity contribution in [3.63, 3.8) is 0 Å². The first-order valence-electron chi connectivity index (χ1n) is 11.8. The smallest absolute Gasteiger partial charge is 0.309 e. The quantitative estimate of drug-likeness (QED) is 0.459. The maximum atomic E-state index is 12.1. The minimum atomic E-state index is -0.0462. The lowest BCUT2D eigenvalue weighted by molar-refractivity contribution is -0.149. The number of piperidine rings is 1. The van der Waals surface area contributed by atoms with E-state index < -0.39 is 0 Å². The number of esters is 1. The Kier molecular flexibility index (Phi) is 8.79. The monoisotopic (exact) mass is 449 g/mol. The summed E-state index contributed by atoms with van der Waals surface area (Å²) in [4.78, 5) is 22.7. The van der Waals surface area contributed by atoms with Crippen LogP contribution in [0.1, 0.15) is 57.0 Å². The molecule has 7 nitrogen and oxygen atoms in total. The number of nitrogens with zero attached hydrogens (tertiary/aromatic N) is 4. The third-order valence-electron chi connectivity index (χ3n) is 5.65. The van der Waals surface area contributed by atoms with Crippen molar-refractivity contribution in [2.75, 3.05) is 31.1 Å². The molecule has 33 heavy (non-hydrogen) atoms. The molecule has 0 bridgehead atoms. The van der Waals surface area contributed by atoms with Crippen LogP contribution in [0.5, 0.6) is 0 Å². The predicted molar refractivity (Wildman–Crippen MR) is 129 cm³/mol. The molecule has 0 saturated carbocycles. The van der Waals surface area contributed by atoms with Crippen molar-refractivity contribution in [1.29, 1.82) is 5.26 Å². The standard InChI is InChI=1S/C26H35N5O2/c1-26(2,3)19-31(24-12-15-29-23(17-27)30-24)18-21-8-6-20(7-9-21)5-4-16-33-25(32)22-10-13-28-14-11-22/h6-9,12,15,22,28H,4-5,10-11,13-14,16,18-19H2,1-3H3. The van der Waals surface area contributed by atoms with Crippen LogP contribution < -0.4 is 10.2 Å². The number of carbonyl (C=O) groups is 1. The number of ether oxygens (including phenoxy) is 1. The van der Waals surface area contributed by atoms with Crippen LogP contribution in [0, 0.1) is 22.7 Å². The number of benzene rings is 1. The Morgan fingerprint density at radius 2 is 1.88 bits per heavy atom. The van der Waals surface area contributed by atoms with E-state index in [1.807, 2.05) is 12.1 Å². The molecule has 1 N–H and O–H groups in total. The first-order chi connectivity index (χ1) is 15.8. The Balaban J connectivity index is 1.52. The number of hydrogen-bond donors (Lipinski definition) is 1. The van der Waals surface area contributed by atoms with Gasteiger partial charge in [0.05, 0.1) is 12.5 Å². The molecule has 1 aromatic carbocycles. The van der Waals surface area contributed by atoms with Crippen molar-refractivity contribution in [2.24, 2.45) is 11.3 Å². The van der Waals surface area contributed by atoms with Crippen LogP contribution in [0.25, 0.3) is 0 Å². The molecule has 0 amide bonds. The molecule has 1 fully saturated rings. The number of hydrogen-bond acceptors (Lipinski definition) is 7. The minimum Gasteiger partial charge on any atom is -0.465 e. The number of nitriles is 1. The topological polar surface area (TPSA) is 91.1 Å². The van der Waals surface area contributed by atoms with Crippen LogP contribution in [-0.4, -0.2) is 42.2 Å². The van der Waals surface area contributed by atoms with Gasteiger partial charge in [-0.15, -0.1) is 0 Å². The van der Waals surface area contributed by atoms with Crippen molar-refractivity contribution in [3.05, 3.63) is 53.5 Å². The summed E-state index contributed by atoms with van der Waals surface area (Å²) >= 11 is 0. The number of nitrogens with one attached hydrogen (secondary N) is 1. The van der Waals surface area contributed by atoms with Gasteiger partial charge in [-0.2, -0.15) is 5.26 Å². The van der Waals surface area contributed by atoms with Crippen LogP contribution >= 0.6 is 0 Å². The van der Waals surface area contributed by atoms with E-state index in [0.29, 0.717) is 13.2 Å². The number of rotatable bonds is 9. The first kappa shape index (κ1) is 24.7. The molecule has 1 aliphatic heterocycles. The normalized spacial score (nSPS) is 14.5. The molecule has 3 rings (SSSR count). The Labute approximate surface area is 197 Å². The SMILES string of the molecule is CC(C)(C)CN(Cc1ccc(CCCOC(=O)C2CCNCC2)cc1)c1ccnc(C#N)n1. The molecule has 176 valence electrons. The molecular weight excluding hydrogens is 414 g/mol. The van der Waals surface area contributed by atoms with Gasteiger partial charge in [0.1, 0.15) is 11.9 Å². The predicted octanol–water partition coefficient (Wildman–Crippen LogP) is 3.88. The molecule has 2 aromatic rings. The zero-order valence-corrected chi connectivity index (χ0v) is 20.0. The largest absolute Gasteiger partial charge is 0.465 e. The highest BCUT2D eigenvalue weighted by atomic mass is 16.5. The van der Waals surface area contributed by atoms with E-state index in [1.165, 1.54) is 11.1 Å². The molecule has 0 atom stereocenters. The fraction of sp³-hybridized carbons (Fsp3) is 0.538. The third-order valence-corrected chi connectivity index (χ3v) is 5.65. The summed E-state index contributed by atoms with van der Waals surface area (Å²) in [6.07, 6.45) is 5.09. The van der Waals surface area contributed by atoms with Crippen LogP contribution in [-0.2, 0) is 22.5 Å². The lowest BCUT2D eigenvalue weighted by atomic mass is 9.95. The average molecular weight is 450 g/mol. The van der Waals surface area contributed by atoms with E-state index in [-0.39, 0.29) is 23.1 Å². The van der Waals surface area contributed by atoms with E-state index >= 15 is 0 Å². The number of carbonyl (C=O) groups excluding carboxylic acids is 1. The molecular formula is C26H35N5O2. The highest BCUT2D eigenvalue weighted by molar-refractivity contribution is 5.72. The fourth-order valence-corrected chi connectivity index (χ4v) is 4.03. The van der Waals surface area contributed by atoms with E-state index in [0.717, 1.165) is 51.1 Å². The fourth-order valence-electron chi connectivity index (χ4n) is 4.03. The van der Waals surface area contributed by atoms with Crippen molar-refractivity contribution in [3.8, 4) is 6.07 Å². The van der Waals surface area contributed by atoms with Gasteiger partial charge < -0.3 is 15.0 Å². The zero-order chi connectivity index (χ0) is 23.7. The van der Waals surface area contributed by atoms with Gasteiger partial charge in [0, 0.05) is 19.3 Å². The molecule has 1 saturated heterocycles. The second kappa shape index (κ2) is 11.8. The van der Waals surface area contributed by atoms with Gasteiger partial charge in [-0.25, -0.2) is 9.97 Å². The Morgan fingerprint density at radius 1 is 1.18 bits per heavy atom. The summed E-state index contributed by atoms with van der Waals surface area (Å²) in [5.41, 5.74) is 2.48.